The van der Waals surface area contributed by atoms with E-state index in [1.165, 1.54) is 76.2 Å². The maximum Gasteiger partial charge on any atom is 0.344 e. The van der Waals surface area contributed by atoms with E-state index in [1.54, 1.807) is 6.92 Å². The number of carbonyl (C=O) groups excluding carboxylic acids is 1. The van der Waals surface area contributed by atoms with Crippen molar-refractivity contribution in [1.82, 2.24) is 15.0 Å². The molecule has 1 heterocycles. The zero-order valence-electron chi connectivity index (χ0n) is 27.3. The van der Waals surface area contributed by atoms with Gasteiger partial charge in [0, 0.05) is 18.2 Å². The number of nitrogens with zero attached hydrogens (tertiary/aromatic N) is 3. The second kappa shape index (κ2) is 15.2. The Labute approximate surface area is 284 Å². The molecule has 4 aromatic rings. The number of rotatable bonds is 15. The summed E-state index contributed by atoms with van der Waals surface area (Å²) in [7, 11) is 0. The number of Topliss-reactive ketones (excluding diaryl/α,β-unsaturated/α-hetero) is 1. The monoisotopic (exact) mass is 691 g/mol. The van der Waals surface area contributed by atoms with Crippen LogP contribution in [0.4, 0.5) is 0 Å². The summed E-state index contributed by atoms with van der Waals surface area (Å²) < 4.78 is 22.0. The topological polar surface area (TPSA) is 245 Å². The van der Waals surface area contributed by atoms with Crippen molar-refractivity contribution < 1.29 is 63.7 Å². The number of carboxylic acids is 3. The van der Waals surface area contributed by atoms with Crippen LogP contribution in [0.5, 0.6) is 34.5 Å². The minimum absolute atomic E-state index is 0.0302. The smallest absolute Gasteiger partial charge is 0.344 e. The van der Waals surface area contributed by atoms with Gasteiger partial charge in [-0.1, -0.05) is 0 Å². The van der Waals surface area contributed by atoms with E-state index in [-0.39, 0.29) is 68.7 Å². The molecule has 0 spiro atoms. The van der Waals surface area contributed by atoms with Gasteiger partial charge in [0.25, 0.3) is 0 Å². The van der Waals surface area contributed by atoms with Gasteiger partial charge in [0.2, 0.25) is 0 Å². The molecule has 262 valence electrons. The summed E-state index contributed by atoms with van der Waals surface area (Å²) in [5.74, 6) is -5.03. The van der Waals surface area contributed by atoms with Crippen molar-refractivity contribution in [2.24, 2.45) is 0 Å². The number of phenols is 2. The molecule has 16 nitrogen and oxygen atoms in total. The highest BCUT2D eigenvalue weighted by molar-refractivity contribution is 5.80. The maximum atomic E-state index is 11.7. The van der Waals surface area contributed by atoms with Crippen LogP contribution >= 0.6 is 0 Å². The van der Waals surface area contributed by atoms with E-state index < -0.39 is 48.1 Å². The molecule has 0 aliphatic carbocycles. The Kier molecular flexibility index (Phi) is 11.1. The van der Waals surface area contributed by atoms with Gasteiger partial charge in [-0.2, -0.15) is 0 Å². The summed E-state index contributed by atoms with van der Waals surface area (Å²) >= 11 is 0. The molecule has 0 aliphatic heterocycles. The van der Waals surface area contributed by atoms with Gasteiger partial charge in [-0.3, -0.25) is 4.79 Å². The summed E-state index contributed by atoms with van der Waals surface area (Å²) in [4.78, 5) is 59.5. The van der Waals surface area contributed by atoms with Gasteiger partial charge in [0.05, 0.1) is 16.7 Å². The minimum Gasteiger partial charge on any atom is -0.507 e. The lowest BCUT2D eigenvalue weighted by Gasteiger charge is -2.18. The van der Waals surface area contributed by atoms with Crippen LogP contribution < -0.4 is 18.9 Å². The number of aromatic nitrogens is 3. The Bertz CT molecular complexity index is 1860. The third-order valence-corrected chi connectivity index (χ3v) is 7.11. The average molecular weight is 692 g/mol. The molecule has 0 fully saturated rings. The van der Waals surface area contributed by atoms with Gasteiger partial charge in [0.1, 0.15) is 34.5 Å². The first-order valence-electron chi connectivity index (χ1n) is 15.0. The van der Waals surface area contributed by atoms with E-state index in [4.69, 9.17) is 18.9 Å². The Balaban J connectivity index is 1.91. The first kappa shape index (κ1) is 36.4. The van der Waals surface area contributed by atoms with Gasteiger partial charge in [0.15, 0.2) is 47.7 Å². The van der Waals surface area contributed by atoms with Crippen LogP contribution in [0.15, 0.2) is 54.6 Å². The van der Waals surface area contributed by atoms with E-state index in [1.807, 2.05) is 0 Å². The van der Waals surface area contributed by atoms with E-state index in [0.717, 1.165) is 6.07 Å². The van der Waals surface area contributed by atoms with Crippen LogP contribution in [-0.4, -0.2) is 88.6 Å². The standard InChI is InChI=1S/C34H33N3O13/c1-15(38)16(2)47-20-6-9-23(26(39)12-20)29-35-30(24-10-7-21(13-27(24)40)48-17(3)32(41)42)37-31(36-29)25-11-8-22(49-18(4)33(43)44)14-28(25)50-19(5)34(45)46/h6-14,16-19,39-40H,1-5H3,(H,41,42)(H,43,44)(H,45,46). The molecule has 0 radical (unpaired) electrons. The second-order valence-corrected chi connectivity index (χ2v) is 11.0. The average Bonchev–Trinajstić information content (AvgIpc) is 3.04. The highest BCUT2D eigenvalue weighted by Crippen LogP contribution is 2.38. The van der Waals surface area contributed by atoms with Crippen LogP contribution in [-0.2, 0) is 19.2 Å². The molecule has 4 rings (SSSR count). The molecule has 0 saturated carbocycles. The molecule has 1 aromatic heterocycles. The number of hydrogen-bond acceptors (Lipinski definition) is 13. The summed E-state index contributed by atoms with van der Waals surface area (Å²) in [6.07, 6.45) is -4.66. The van der Waals surface area contributed by atoms with Crippen molar-refractivity contribution in [1.29, 1.82) is 0 Å². The Morgan fingerprint density at radius 1 is 0.520 bits per heavy atom. The predicted octanol–water partition coefficient (Wildman–Crippen LogP) is 4.20. The van der Waals surface area contributed by atoms with Gasteiger partial charge >= 0.3 is 17.9 Å². The van der Waals surface area contributed by atoms with Crippen LogP contribution in [0.25, 0.3) is 34.2 Å². The zero-order chi connectivity index (χ0) is 36.9. The molecule has 4 unspecified atom stereocenters. The normalized spacial score (nSPS) is 13.3. The van der Waals surface area contributed by atoms with E-state index in [9.17, 15) is 44.7 Å². The maximum absolute atomic E-state index is 11.7. The lowest BCUT2D eigenvalue weighted by molar-refractivity contribution is -0.145. The number of benzene rings is 3. The number of ether oxygens (including phenoxy) is 4. The molecular weight excluding hydrogens is 658 g/mol. The third-order valence-electron chi connectivity index (χ3n) is 7.11. The van der Waals surface area contributed by atoms with Crippen LogP contribution in [0.1, 0.15) is 34.6 Å². The van der Waals surface area contributed by atoms with Crippen LogP contribution in [0.2, 0.25) is 0 Å². The third kappa shape index (κ3) is 8.71. The predicted molar refractivity (Wildman–Crippen MR) is 173 cm³/mol. The fourth-order valence-electron chi connectivity index (χ4n) is 4.18. The van der Waals surface area contributed by atoms with E-state index in [2.05, 4.69) is 15.0 Å². The second-order valence-electron chi connectivity index (χ2n) is 11.0. The largest absolute Gasteiger partial charge is 0.507 e. The number of hydrogen-bond donors (Lipinski definition) is 5. The fraction of sp³-hybridized carbons (Fsp3) is 0.265. The van der Waals surface area contributed by atoms with Crippen LogP contribution in [0, 0.1) is 0 Å². The quantitative estimate of drug-likeness (QED) is 0.117. The molecule has 0 aliphatic rings. The van der Waals surface area contributed by atoms with Crippen molar-refractivity contribution in [3.8, 4) is 68.7 Å². The summed E-state index contributed by atoms with van der Waals surface area (Å²) in [5, 5.41) is 50.0. The van der Waals surface area contributed by atoms with Gasteiger partial charge in [-0.15, -0.1) is 0 Å². The Hall–Kier alpha value is -6.45. The summed E-state index contributed by atoms with van der Waals surface area (Å²) in [6, 6.07) is 12.1. The number of carboxylic acid groups (broad SMARTS) is 3. The molecule has 0 amide bonds. The molecule has 4 atom stereocenters. The number of carbonyl (C=O) groups is 4. The highest BCUT2D eigenvalue weighted by atomic mass is 16.5. The van der Waals surface area contributed by atoms with E-state index in [0.29, 0.717) is 0 Å². The summed E-state index contributed by atoms with van der Waals surface area (Å²) in [6.45, 7) is 6.78. The molecular formula is C34H33N3O13. The molecule has 16 heteroatoms. The number of phenolic OH excluding ortho intramolecular Hbond substituents is 2. The van der Waals surface area contributed by atoms with Crippen molar-refractivity contribution in [2.75, 3.05) is 0 Å². The molecule has 5 N–H and O–H groups in total. The number of ketones is 1. The van der Waals surface area contributed by atoms with Gasteiger partial charge < -0.3 is 44.5 Å². The SMILES string of the molecule is CC(=O)C(C)Oc1ccc(-c2nc(-c3ccc(OC(C)C(=O)O)cc3O)nc(-c3ccc(OC(C)C(=O)O)cc3OC(C)C(=O)O)n2)c(O)c1. The first-order chi connectivity index (χ1) is 23.5. The molecule has 3 aromatic carbocycles. The van der Waals surface area contributed by atoms with Gasteiger partial charge in [-0.05, 0) is 71.0 Å². The van der Waals surface area contributed by atoms with Crippen molar-refractivity contribution in [3.63, 3.8) is 0 Å². The van der Waals surface area contributed by atoms with Crippen LogP contribution in [0.3, 0.4) is 0 Å². The van der Waals surface area contributed by atoms with Crippen molar-refractivity contribution in [3.05, 3.63) is 54.6 Å². The van der Waals surface area contributed by atoms with Crippen molar-refractivity contribution >= 4 is 23.7 Å². The number of aliphatic carboxylic acids is 3. The van der Waals surface area contributed by atoms with Gasteiger partial charge in [-0.25, -0.2) is 29.3 Å². The Morgan fingerprint density at radius 2 is 0.860 bits per heavy atom. The van der Waals surface area contributed by atoms with E-state index >= 15 is 0 Å². The molecule has 0 bridgehead atoms. The molecule has 0 saturated heterocycles. The number of aromatic hydroxyl groups is 2. The highest BCUT2D eigenvalue weighted by Gasteiger charge is 2.24. The summed E-state index contributed by atoms with van der Waals surface area (Å²) in [5.41, 5.74) is 0.211. The zero-order valence-corrected chi connectivity index (χ0v) is 27.3. The minimum atomic E-state index is -1.39. The lowest BCUT2D eigenvalue weighted by atomic mass is 10.1. The fourth-order valence-corrected chi connectivity index (χ4v) is 4.18. The van der Waals surface area contributed by atoms with Crippen molar-refractivity contribution in [2.45, 2.75) is 59.0 Å². The lowest BCUT2D eigenvalue weighted by Crippen LogP contribution is -2.24. The molecule has 50 heavy (non-hydrogen) atoms. The first-order valence-corrected chi connectivity index (χ1v) is 15.0. The Morgan fingerprint density at radius 3 is 1.24 bits per heavy atom.